The van der Waals surface area contributed by atoms with Crippen LogP contribution in [0.4, 0.5) is 0 Å². The van der Waals surface area contributed by atoms with E-state index in [2.05, 4.69) is 55.4 Å². The summed E-state index contributed by atoms with van der Waals surface area (Å²) in [6.45, 7) is 9.03. The fourth-order valence-electron chi connectivity index (χ4n) is 1.38. The molecule has 0 aliphatic rings. The van der Waals surface area contributed by atoms with Crippen LogP contribution in [0.5, 0.6) is 0 Å². The van der Waals surface area contributed by atoms with E-state index < -0.39 is 0 Å². The molecule has 1 atom stereocenters. The predicted octanol–water partition coefficient (Wildman–Crippen LogP) is 4.01. The van der Waals surface area contributed by atoms with Gasteiger partial charge in [-0.1, -0.05) is 26.8 Å². The molecule has 0 radical (unpaired) electrons. The van der Waals surface area contributed by atoms with Gasteiger partial charge in [-0.15, -0.1) is 11.3 Å². The van der Waals surface area contributed by atoms with Gasteiger partial charge < -0.3 is 5.32 Å². The largest absolute Gasteiger partial charge is 0.311 e. The van der Waals surface area contributed by atoms with E-state index >= 15 is 0 Å². The summed E-state index contributed by atoms with van der Waals surface area (Å²) in [6.07, 6.45) is 1.33. The Hall–Kier alpha value is 0.01000. The summed E-state index contributed by atoms with van der Waals surface area (Å²) in [5.74, 6) is 2.12. The van der Waals surface area contributed by atoms with Crippen molar-refractivity contribution < 1.29 is 0 Å². The molecule has 1 heterocycles. The van der Waals surface area contributed by atoms with Crippen LogP contribution in [-0.4, -0.2) is 17.5 Å². The van der Waals surface area contributed by atoms with Crippen LogP contribution in [0.2, 0.25) is 0 Å². The Balaban J connectivity index is 2.00. The molecule has 1 aromatic rings. The number of nitrogens with one attached hydrogen (secondary N) is 1. The summed E-state index contributed by atoms with van der Waals surface area (Å²) in [5.41, 5.74) is 0. The molecule has 1 unspecified atom stereocenters. The lowest BCUT2D eigenvalue weighted by Crippen LogP contribution is -2.22. The van der Waals surface area contributed by atoms with Crippen LogP contribution in [0, 0.1) is 5.92 Å². The topological polar surface area (TPSA) is 12.0 Å². The molecule has 1 rings (SSSR count). The second-order valence-electron chi connectivity index (χ2n) is 4.57. The van der Waals surface area contributed by atoms with E-state index in [0.717, 1.165) is 24.3 Å². The average molecular weight is 257 g/mol. The molecule has 1 N–H and O–H groups in total. The molecule has 0 spiro atoms. The highest BCUT2D eigenvalue weighted by molar-refractivity contribution is 7.99. The third kappa shape index (κ3) is 6.56. The quantitative estimate of drug-likeness (QED) is 0.755. The zero-order valence-electron chi connectivity index (χ0n) is 10.5. The normalized spacial score (nSPS) is 13.2. The van der Waals surface area contributed by atoms with Crippen molar-refractivity contribution in [2.24, 2.45) is 5.92 Å². The minimum Gasteiger partial charge on any atom is -0.311 e. The van der Waals surface area contributed by atoms with Gasteiger partial charge in [0.05, 0.1) is 0 Å². The zero-order valence-corrected chi connectivity index (χ0v) is 12.2. The third-order valence-corrected chi connectivity index (χ3v) is 4.49. The number of hydrogen-bond donors (Lipinski definition) is 1. The lowest BCUT2D eigenvalue weighted by atomic mass is 10.2. The number of hydrogen-bond acceptors (Lipinski definition) is 3. The predicted molar refractivity (Wildman–Crippen MR) is 77.4 cm³/mol. The zero-order chi connectivity index (χ0) is 11.8. The Morgan fingerprint density at radius 1 is 1.38 bits per heavy atom. The summed E-state index contributed by atoms with van der Waals surface area (Å²) < 4.78 is 0. The molecular formula is C13H23NS2. The van der Waals surface area contributed by atoms with Crippen molar-refractivity contribution in [2.75, 3.05) is 12.3 Å². The molecule has 0 aromatic carbocycles. The highest BCUT2D eigenvalue weighted by Crippen LogP contribution is 2.14. The first-order valence-electron chi connectivity index (χ1n) is 6.03. The van der Waals surface area contributed by atoms with E-state index in [4.69, 9.17) is 0 Å². The Labute approximate surface area is 108 Å². The number of thiophene rings is 1. The second-order valence-corrected chi connectivity index (χ2v) is 7.15. The van der Waals surface area contributed by atoms with Gasteiger partial charge in [0, 0.05) is 23.2 Å². The Morgan fingerprint density at radius 3 is 2.81 bits per heavy atom. The molecule has 92 valence electrons. The molecule has 0 aliphatic carbocycles. The molecule has 0 fully saturated rings. The molecule has 0 saturated carbocycles. The molecule has 0 saturated heterocycles. The summed E-state index contributed by atoms with van der Waals surface area (Å²) >= 11 is 3.91. The maximum Gasteiger partial charge on any atom is 0.0300 e. The average Bonchev–Trinajstić information content (AvgIpc) is 2.70. The van der Waals surface area contributed by atoms with E-state index in [9.17, 15) is 0 Å². The van der Waals surface area contributed by atoms with Crippen LogP contribution >= 0.6 is 23.1 Å². The van der Waals surface area contributed by atoms with E-state index in [1.807, 2.05) is 11.3 Å². The highest BCUT2D eigenvalue weighted by atomic mass is 32.2. The molecule has 3 heteroatoms. The molecule has 16 heavy (non-hydrogen) atoms. The minimum absolute atomic E-state index is 0.721. The van der Waals surface area contributed by atoms with Crippen molar-refractivity contribution >= 4 is 23.1 Å². The fourth-order valence-corrected chi connectivity index (χ4v) is 3.30. The lowest BCUT2D eigenvalue weighted by Gasteiger charge is -2.12. The summed E-state index contributed by atoms with van der Waals surface area (Å²) in [6, 6.07) is 4.30. The molecule has 0 bridgehead atoms. The summed E-state index contributed by atoms with van der Waals surface area (Å²) in [4.78, 5) is 1.43. The van der Waals surface area contributed by atoms with E-state index in [0.29, 0.717) is 0 Å². The molecule has 1 aromatic heterocycles. The first-order valence-corrected chi connectivity index (χ1v) is 7.96. The van der Waals surface area contributed by atoms with Crippen LogP contribution in [0.25, 0.3) is 0 Å². The van der Waals surface area contributed by atoms with Crippen LogP contribution in [0.15, 0.2) is 17.5 Å². The molecule has 0 amide bonds. The Morgan fingerprint density at radius 2 is 2.19 bits per heavy atom. The maximum absolute atomic E-state index is 3.52. The van der Waals surface area contributed by atoms with Crippen molar-refractivity contribution in [1.82, 2.24) is 5.32 Å². The highest BCUT2D eigenvalue weighted by Gasteiger charge is 2.03. The first kappa shape index (κ1) is 14.1. The van der Waals surface area contributed by atoms with Crippen molar-refractivity contribution in [3.8, 4) is 0 Å². The SMILES string of the molecule is CC(C)CCSC(C)CNCc1cccs1. The second kappa shape index (κ2) is 8.15. The van der Waals surface area contributed by atoms with Crippen molar-refractivity contribution in [2.45, 2.75) is 39.0 Å². The maximum atomic E-state index is 3.52. The molecule has 1 nitrogen and oxygen atoms in total. The number of rotatable bonds is 8. The van der Waals surface area contributed by atoms with Crippen LogP contribution in [-0.2, 0) is 6.54 Å². The molecular weight excluding hydrogens is 234 g/mol. The van der Waals surface area contributed by atoms with Crippen LogP contribution < -0.4 is 5.32 Å². The summed E-state index contributed by atoms with van der Waals surface area (Å²) in [7, 11) is 0. The van der Waals surface area contributed by atoms with E-state index in [-0.39, 0.29) is 0 Å². The van der Waals surface area contributed by atoms with Crippen molar-refractivity contribution in [3.63, 3.8) is 0 Å². The van der Waals surface area contributed by atoms with E-state index in [1.54, 1.807) is 0 Å². The van der Waals surface area contributed by atoms with Gasteiger partial charge in [-0.05, 0) is 29.5 Å². The van der Waals surface area contributed by atoms with Crippen LogP contribution in [0.1, 0.15) is 32.1 Å². The van der Waals surface area contributed by atoms with Crippen molar-refractivity contribution in [1.29, 1.82) is 0 Å². The Bertz CT molecular complexity index is 257. The monoisotopic (exact) mass is 257 g/mol. The smallest absolute Gasteiger partial charge is 0.0300 e. The fraction of sp³-hybridized carbons (Fsp3) is 0.692. The van der Waals surface area contributed by atoms with Gasteiger partial charge in [-0.25, -0.2) is 0 Å². The van der Waals surface area contributed by atoms with Gasteiger partial charge in [0.2, 0.25) is 0 Å². The standard InChI is InChI=1S/C13H23NS2/c1-11(2)6-8-15-12(3)9-14-10-13-5-4-7-16-13/h4-5,7,11-12,14H,6,8-10H2,1-3H3. The lowest BCUT2D eigenvalue weighted by molar-refractivity contribution is 0.629. The van der Waals surface area contributed by atoms with Gasteiger partial charge in [-0.2, -0.15) is 11.8 Å². The minimum atomic E-state index is 0.721. The van der Waals surface area contributed by atoms with Gasteiger partial charge in [0.25, 0.3) is 0 Å². The van der Waals surface area contributed by atoms with E-state index in [1.165, 1.54) is 17.1 Å². The molecule has 0 aliphatic heterocycles. The van der Waals surface area contributed by atoms with Crippen LogP contribution in [0.3, 0.4) is 0 Å². The van der Waals surface area contributed by atoms with Gasteiger partial charge in [-0.3, -0.25) is 0 Å². The van der Waals surface area contributed by atoms with Gasteiger partial charge in [0.1, 0.15) is 0 Å². The van der Waals surface area contributed by atoms with Gasteiger partial charge >= 0.3 is 0 Å². The van der Waals surface area contributed by atoms with Gasteiger partial charge in [0.15, 0.2) is 0 Å². The first-order chi connectivity index (χ1) is 7.68. The number of thioether (sulfide) groups is 1. The van der Waals surface area contributed by atoms with Crippen molar-refractivity contribution in [3.05, 3.63) is 22.4 Å². The summed E-state index contributed by atoms with van der Waals surface area (Å²) in [5, 5.41) is 6.37. The third-order valence-electron chi connectivity index (χ3n) is 2.41. The Kier molecular flexibility index (Phi) is 7.17.